The van der Waals surface area contributed by atoms with Crippen LogP contribution >= 0.6 is 11.8 Å². The van der Waals surface area contributed by atoms with Gasteiger partial charge in [0, 0.05) is 11.6 Å². The summed E-state index contributed by atoms with van der Waals surface area (Å²) >= 11 is 1.05. The monoisotopic (exact) mass is 203 g/mol. The number of nitrogens with two attached hydrogens (primary N) is 1. The number of rotatable bonds is 2. The predicted molar refractivity (Wildman–Crippen MR) is 50.7 cm³/mol. The fraction of sp³-hybridized carbons (Fsp3) is 0.333. The van der Waals surface area contributed by atoms with E-state index in [9.17, 15) is 8.78 Å². The van der Waals surface area contributed by atoms with Gasteiger partial charge in [-0.25, -0.2) is 8.78 Å². The minimum absolute atomic E-state index is 0.0369. The molecule has 1 unspecified atom stereocenters. The van der Waals surface area contributed by atoms with Crippen LogP contribution in [0.15, 0.2) is 17.0 Å². The number of halogens is 2. The average Bonchev–Trinajstić information content (AvgIpc) is 2.04. The van der Waals surface area contributed by atoms with Crippen LogP contribution in [-0.4, -0.2) is 6.26 Å². The summed E-state index contributed by atoms with van der Waals surface area (Å²) in [6, 6.07) is 2.22. The van der Waals surface area contributed by atoms with Gasteiger partial charge in [-0.15, -0.1) is 11.8 Å². The van der Waals surface area contributed by atoms with E-state index in [1.165, 1.54) is 12.1 Å². The van der Waals surface area contributed by atoms with Crippen molar-refractivity contribution in [1.82, 2.24) is 0 Å². The van der Waals surface area contributed by atoms with Gasteiger partial charge in [-0.1, -0.05) is 6.07 Å². The van der Waals surface area contributed by atoms with Crippen molar-refractivity contribution in [2.45, 2.75) is 17.9 Å². The Hall–Kier alpha value is -0.610. The van der Waals surface area contributed by atoms with E-state index < -0.39 is 17.7 Å². The summed E-state index contributed by atoms with van der Waals surface area (Å²) in [7, 11) is 0. The maximum absolute atomic E-state index is 13.4. The Bertz CT molecular complexity index is 313. The fourth-order valence-electron chi connectivity index (χ4n) is 1.09. The molecule has 0 heterocycles. The van der Waals surface area contributed by atoms with Crippen LogP contribution in [0.25, 0.3) is 0 Å². The highest BCUT2D eigenvalue weighted by Gasteiger charge is 2.14. The van der Waals surface area contributed by atoms with Gasteiger partial charge in [0.25, 0.3) is 0 Å². The molecule has 0 aliphatic heterocycles. The molecule has 0 saturated heterocycles. The SMILES string of the molecule is CSc1c(F)ccc(C(C)N)c1F. The standard InChI is InChI=1S/C9H11F2NS/c1-5(12)6-3-4-7(10)9(13-2)8(6)11/h3-5H,12H2,1-2H3. The van der Waals surface area contributed by atoms with Gasteiger partial charge in [-0.05, 0) is 19.2 Å². The second-order valence-corrected chi connectivity index (χ2v) is 3.59. The van der Waals surface area contributed by atoms with E-state index in [0.717, 1.165) is 11.8 Å². The lowest BCUT2D eigenvalue weighted by atomic mass is 10.1. The van der Waals surface area contributed by atoms with Crippen molar-refractivity contribution in [2.75, 3.05) is 6.26 Å². The number of hydrogen-bond acceptors (Lipinski definition) is 2. The topological polar surface area (TPSA) is 26.0 Å². The summed E-state index contributed by atoms with van der Waals surface area (Å²) in [5, 5.41) is 0. The Morgan fingerprint density at radius 1 is 1.38 bits per heavy atom. The number of benzene rings is 1. The van der Waals surface area contributed by atoms with Gasteiger partial charge in [0.05, 0.1) is 4.90 Å². The van der Waals surface area contributed by atoms with E-state index >= 15 is 0 Å². The molecule has 13 heavy (non-hydrogen) atoms. The summed E-state index contributed by atoms with van der Waals surface area (Å²) in [6.07, 6.45) is 1.63. The van der Waals surface area contributed by atoms with Gasteiger partial charge in [-0.3, -0.25) is 0 Å². The molecule has 0 amide bonds. The molecular weight excluding hydrogens is 192 g/mol. The van der Waals surface area contributed by atoms with Crippen LogP contribution < -0.4 is 5.73 Å². The van der Waals surface area contributed by atoms with E-state index in [-0.39, 0.29) is 4.90 Å². The van der Waals surface area contributed by atoms with Crippen LogP contribution in [0.5, 0.6) is 0 Å². The summed E-state index contributed by atoms with van der Waals surface area (Å²) in [4.78, 5) is 0.0369. The number of thioether (sulfide) groups is 1. The summed E-state index contributed by atoms with van der Waals surface area (Å²) in [6.45, 7) is 1.67. The van der Waals surface area contributed by atoms with Crippen molar-refractivity contribution in [3.8, 4) is 0 Å². The van der Waals surface area contributed by atoms with Gasteiger partial charge >= 0.3 is 0 Å². The lowest BCUT2D eigenvalue weighted by Crippen LogP contribution is -2.08. The molecule has 1 aromatic carbocycles. The van der Waals surface area contributed by atoms with Crippen LogP contribution in [0, 0.1) is 11.6 Å². The van der Waals surface area contributed by atoms with Crippen LogP contribution in [-0.2, 0) is 0 Å². The molecule has 0 bridgehead atoms. The summed E-state index contributed by atoms with van der Waals surface area (Å²) < 4.78 is 26.4. The molecule has 0 aliphatic rings. The molecule has 0 spiro atoms. The van der Waals surface area contributed by atoms with Crippen molar-refractivity contribution in [2.24, 2.45) is 5.73 Å². The van der Waals surface area contributed by atoms with E-state index in [1.54, 1.807) is 13.2 Å². The van der Waals surface area contributed by atoms with Gasteiger partial charge in [0.1, 0.15) is 11.6 Å². The van der Waals surface area contributed by atoms with Crippen molar-refractivity contribution in [3.05, 3.63) is 29.3 Å². The van der Waals surface area contributed by atoms with Gasteiger partial charge < -0.3 is 5.73 Å². The minimum Gasteiger partial charge on any atom is -0.324 e. The third-order valence-electron chi connectivity index (χ3n) is 1.77. The molecule has 0 aliphatic carbocycles. The molecule has 2 N–H and O–H groups in total. The molecule has 0 aromatic heterocycles. The summed E-state index contributed by atoms with van der Waals surface area (Å²) in [5.74, 6) is -1.07. The third kappa shape index (κ3) is 2.00. The van der Waals surface area contributed by atoms with Crippen LogP contribution in [0.4, 0.5) is 8.78 Å². The normalized spacial score (nSPS) is 13.0. The van der Waals surface area contributed by atoms with Crippen LogP contribution in [0.3, 0.4) is 0 Å². The minimum atomic E-state index is -0.539. The van der Waals surface area contributed by atoms with E-state index in [1.807, 2.05) is 0 Å². The zero-order valence-electron chi connectivity index (χ0n) is 7.47. The molecule has 1 aromatic rings. The van der Waals surface area contributed by atoms with Crippen LogP contribution in [0.2, 0.25) is 0 Å². The average molecular weight is 203 g/mol. The van der Waals surface area contributed by atoms with E-state index in [4.69, 9.17) is 5.73 Å². The number of hydrogen-bond donors (Lipinski definition) is 1. The summed E-state index contributed by atoms with van der Waals surface area (Å²) in [5.41, 5.74) is 5.87. The van der Waals surface area contributed by atoms with Crippen molar-refractivity contribution in [3.63, 3.8) is 0 Å². The second-order valence-electron chi connectivity index (χ2n) is 2.77. The molecule has 1 nitrogen and oxygen atoms in total. The first-order valence-corrected chi connectivity index (χ1v) is 5.08. The molecule has 0 radical (unpaired) electrons. The Morgan fingerprint density at radius 2 is 2.00 bits per heavy atom. The zero-order chi connectivity index (χ0) is 10.0. The Morgan fingerprint density at radius 3 is 2.46 bits per heavy atom. The van der Waals surface area contributed by atoms with Crippen molar-refractivity contribution < 1.29 is 8.78 Å². The molecular formula is C9H11F2NS. The fourth-order valence-corrected chi connectivity index (χ4v) is 1.65. The highest BCUT2D eigenvalue weighted by Crippen LogP contribution is 2.27. The lowest BCUT2D eigenvalue weighted by molar-refractivity contribution is 0.522. The Labute approximate surface area is 80.3 Å². The third-order valence-corrected chi connectivity index (χ3v) is 2.56. The van der Waals surface area contributed by atoms with E-state index in [0.29, 0.717) is 5.56 Å². The first-order valence-electron chi connectivity index (χ1n) is 3.85. The van der Waals surface area contributed by atoms with Gasteiger partial charge in [-0.2, -0.15) is 0 Å². The maximum atomic E-state index is 13.4. The first kappa shape index (κ1) is 10.5. The lowest BCUT2D eigenvalue weighted by Gasteiger charge is -2.10. The zero-order valence-corrected chi connectivity index (χ0v) is 8.29. The van der Waals surface area contributed by atoms with Gasteiger partial charge in [0.15, 0.2) is 0 Å². The molecule has 1 rings (SSSR count). The predicted octanol–water partition coefficient (Wildman–Crippen LogP) is 2.71. The smallest absolute Gasteiger partial charge is 0.144 e. The Kier molecular flexibility index (Phi) is 3.27. The maximum Gasteiger partial charge on any atom is 0.144 e. The first-order chi connectivity index (χ1) is 6.07. The quantitative estimate of drug-likeness (QED) is 0.748. The van der Waals surface area contributed by atoms with Gasteiger partial charge in [0.2, 0.25) is 0 Å². The molecule has 4 heteroatoms. The molecule has 0 saturated carbocycles. The Balaban J connectivity index is 3.27. The molecule has 0 fully saturated rings. The largest absolute Gasteiger partial charge is 0.324 e. The molecule has 72 valence electrons. The van der Waals surface area contributed by atoms with Crippen molar-refractivity contribution in [1.29, 1.82) is 0 Å². The van der Waals surface area contributed by atoms with E-state index in [2.05, 4.69) is 0 Å². The molecule has 1 atom stereocenters. The second kappa shape index (κ2) is 4.07. The van der Waals surface area contributed by atoms with Crippen LogP contribution in [0.1, 0.15) is 18.5 Å². The highest BCUT2D eigenvalue weighted by atomic mass is 32.2. The highest BCUT2D eigenvalue weighted by molar-refractivity contribution is 7.98. The van der Waals surface area contributed by atoms with Crippen molar-refractivity contribution >= 4 is 11.8 Å².